The highest BCUT2D eigenvalue weighted by molar-refractivity contribution is 5.61. The van der Waals surface area contributed by atoms with E-state index >= 15 is 0 Å². The molecule has 3 heterocycles. The minimum atomic E-state index is 0.718. The maximum Gasteiger partial charge on any atom is 0.254 e. The van der Waals surface area contributed by atoms with Crippen molar-refractivity contribution in [2.24, 2.45) is 0 Å². The summed E-state index contributed by atoms with van der Waals surface area (Å²) >= 11 is 0. The molecule has 34 heavy (non-hydrogen) atoms. The fourth-order valence-electron chi connectivity index (χ4n) is 5.24. The van der Waals surface area contributed by atoms with Crippen molar-refractivity contribution in [3.05, 3.63) is 76.7 Å². The van der Waals surface area contributed by atoms with Crippen molar-refractivity contribution in [1.82, 2.24) is 19.6 Å². The molecular formula is C27H30N6O. The van der Waals surface area contributed by atoms with Crippen LogP contribution in [0.5, 0.6) is 5.75 Å². The van der Waals surface area contributed by atoms with Crippen LogP contribution in [0.15, 0.2) is 48.5 Å². The number of aryl methyl sites for hydroxylation is 2. The Hall–Kier alpha value is -3.61. The summed E-state index contributed by atoms with van der Waals surface area (Å²) in [6, 6.07) is 16.9. The Balaban J connectivity index is 1.30. The number of hydrogen-bond acceptors (Lipinski definition) is 6. The van der Waals surface area contributed by atoms with Crippen molar-refractivity contribution in [2.75, 3.05) is 43.1 Å². The molecule has 0 atom stereocenters. The number of hydrogen-bond donors (Lipinski definition) is 0. The molecule has 2 aromatic heterocycles. The number of ether oxygens (including phenoxy) is 1. The maximum atomic E-state index is 5.60. The topological polar surface area (TPSA) is 58.8 Å². The zero-order chi connectivity index (χ0) is 23.1. The van der Waals surface area contributed by atoms with Crippen LogP contribution in [0.1, 0.15) is 34.6 Å². The molecule has 0 bridgehead atoms. The van der Waals surface area contributed by atoms with Gasteiger partial charge in [0.05, 0.1) is 18.5 Å². The lowest BCUT2D eigenvalue weighted by atomic mass is 10.1. The highest BCUT2D eigenvalue weighted by Gasteiger charge is 2.28. The molecule has 0 N–H and O–H groups in total. The Bertz CT molecular complexity index is 1320. The van der Waals surface area contributed by atoms with Gasteiger partial charge < -0.3 is 14.5 Å². The van der Waals surface area contributed by atoms with Gasteiger partial charge >= 0.3 is 0 Å². The molecule has 7 nitrogen and oxygen atoms in total. The van der Waals surface area contributed by atoms with E-state index in [1.165, 1.54) is 28.2 Å². The number of rotatable bonds is 5. The molecule has 1 aliphatic carbocycles. The average Bonchev–Trinajstić information content (AvgIpc) is 3.50. The van der Waals surface area contributed by atoms with Gasteiger partial charge in [-0.15, -0.1) is 5.10 Å². The van der Waals surface area contributed by atoms with Gasteiger partial charge in [-0.1, -0.05) is 42.0 Å². The Morgan fingerprint density at radius 3 is 2.44 bits per heavy atom. The van der Waals surface area contributed by atoms with E-state index in [4.69, 9.17) is 19.8 Å². The van der Waals surface area contributed by atoms with Crippen LogP contribution >= 0.6 is 0 Å². The van der Waals surface area contributed by atoms with E-state index in [1.807, 2.05) is 16.6 Å². The lowest BCUT2D eigenvalue weighted by Gasteiger charge is -2.38. The first-order chi connectivity index (χ1) is 16.7. The lowest BCUT2D eigenvalue weighted by Crippen LogP contribution is -2.47. The molecule has 0 unspecified atom stereocenters. The van der Waals surface area contributed by atoms with Gasteiger partial charge in [0, 0.05) is 38.2 Å². The van der Waals surface area contributed by atoms with E-state index in [1.54, 1.807) is 7.11 Å². The molecule has 2 aliphatic rings. The van der Waals surface area contributed by atoms with Crippen LogP contribution in [0, 0.1) is 6.92 Å². The number of benzene rings is 2. The van der Waals surface area contributed by atoms with Gasteiger partial charge in [-0.2, -0.15) is 9.50 Å². The summed E-state index contributed by atoms with van der Waals surface area (Å²) in [5.41, 5.74) is 6.20. The molecule has 0 amide bonds. The maximum absolute atomic E-state index is 5.60. The SMILES string of the molecule is COc1ccccc1N1CCN(c2c3c(nc4nc(Cc5ccc(C)cc5)nn24)CCC3)CC1. The van der Waals surface area contributed by atoms with Crippen LogP contribution in [0.3, 0.4) is 0 Å². The van der Waals surface area contributed by atoms with Crippen molar-refractivity contribution >= 4 is 17.3 Å². The molecule has 0 spiro atoms. The summed E-state index contributed by atoms with van der Waals surface area (Å²) in [4.78, 5) is 14.6. The molecule has 6 rings (SSSR count). The summed E-state index contributed by atoms with van der Waals surface area (Å²) < 4.78 is 7.61. The molecule has 1 fully saturated rings. The van der Waals surface area contributed by atoms with Crippen LogP contribution in [-0.4, -0.2) is 52.9 Å². The molecule has 0 saturated carbocycles. The van der Waals surface area contributed by atoms with Crippen LogP contribution in [0.25, 0.3) is 5.78 Å². The standard InChI is InChI=1S/C27H30N6O/c1-19-10-12-20(13-11-19)18-25-29-27-28-22-7-5-6-21(22)26(33(27)30-25)32-16-14-31(15-17-32)23-8-3-4-9-24(23)34-2/h3-4,8-13H,5-7,14-18H2,1-2H3. The predicted molar refractivity (Wildman–Crippen MR) is 134 cm³/mol. The number of nitrogens with zero attached hydrogens (tertiary/aromatic N) is 6. The molecule has 0 radical (unpaired) electrons. The van der Waals surface area contributed by atoms with Gasteiger partial charge in [0.15, 0.2) is 5.82 Å². The van der Waals surface area contributed by atoms with Gasteiger partial charge in [-0.05, 0) is 43.9 Å². The zero-order valence-corrected chi connectivity index (χ0v) is 19.9. The van der Waals surface area contributed by atoms with E-state index < -0.39 is 0 Å². The quantitative estimate of drug-likeness (QED) is 0.457. The van der Waals surface area contributed by atoms with Crippen LogP contribution in [0.4, 0.5) is 11.5 Å². The lowest BCUT2D eigenvalue weighted by molar-refractivity contribution is 0.413. The van der Waals surface area contributed by atoms with Crippen molar-refractivity contribution in [3.63, 3.8) is 0 Å². The molecule has 174 valence electrons. The number of para-hydroxylation sites is 2. The Morgan fingerprint density at radius 1 is 0.882 bits per heavy atom. The first-order valence-corrected chi connectivity index (χ1v) is 12.2. The first kappa shape index (κ1) is 21.0. The summed E-state index contributed by atoms with van der Waals surface area (Å²) in [6.07, 6.45) is 3.96. The van der Waals surface area contributed by atoms with Crippen molar-refractivity contribution in [2.45, 2.75) is 32.6 Å². The summed E-state index contributed by atoms with van der Waals surface area (Å²) in [6.45, 7) is 5.83. The van der Waals surface area contributed by atoms with E-state index in [-0.39, 0.29) is 0 Å². The van der Waals surface area contributed by atoms with Crippen molar-refractivity contribution < 1.29 is 4.74 Å². The molecule has 2 aromatic carbocycles. The highest BCUT2D eigenvalue weighted by atomic mass is 16.5. The normalized spacial score (nSPS) is 15.7. The minimum absolute atomic E-state index is 0.718. The first-order valence-electron chi connectivity index (χ1n) is 12.2. The Morgan fingerprint density at radius 2 is 1.65 bits per heavy atom. The van der Waals surface area contributed by atoms with E-state index in [0.717, 1.165) is 74.9 Å². The van der Waals surface area contributed by atoms with Gasteiger partial charge in [-0.25, -0.2) is 4.98 Å². The van der Waals surface area contributed by atoms with E-state index in [9.17, 15) is 0 Å². The molecule has 4 aromatic rings. The highest BCUT2D eigenvalue weighted by Crippen LogP contribution is 2.33. The van der Waals surface area contributed by atoms with E-state index in [0.29, 0.717) is 0 Å². The zero-order valence-electron chi connectivity index (χ0n) is 19.9. The Kier molecular flexibility index (Phi) is 5.32. The second kappa shape index (κ2) is 8.63. The number of fused-ring (bicyclic) bond motifs is 2. The second-order valence-corrected chi connectivity index (χ2v) is 9.26. The number of piperazine rings is 1. The smallest absolute Gasteiger partial charge is 0.254 e. The molecular weight excluding hydrogens is 424 g/mol. The number of methoxy groups -OCH3 is 1. The predicted octanol–water partition coefficient (Wildman–Crippen LogP) is 3.85. The molecule has 1 aliphatic heterocycles. The molecule has 1 saturated heterocycles. The fraction of sp³-hybridized carbons (Fsp3) is 0.370. The van der Waals surface area contributed by atoms with Crippen LogP contribution in [0.2, 0.25) is 0 Å². The summed E-state index contributed by atoms with van der Waals surface area (Å²) in [5, 5.41) is 4.96. The van der Waals surface area contributed by atoms with Gasteiger partial charge in [0.1, 0.15) is 11.6 Å². The largest absolute Gasteiger partial charge is 0.495 e. The van der Waals surface area contributed by atoms with Gasteiger partial charge in [0.25, 0.3) is 5.78 Å². The van der Waals surface area contributed by atoms with Crippen molar-refractivity contribution in [1.29, 1.82) is 0 Å². The van der Waals surface area contributed by atoms with Crippen LogP contribution in [-0.2, 0) is 19.3 Å². The number of aromatic nitrogens is 4. The third-order valence-electron chi connectivity index (χ3n) is 7.02. The van der Waals surface area contributed by atoms with Crippen LogP contribution < -0.4 is 14.5 Å². The average molecular weight is 455 g/mol. The summed E-state index contributed by atoms with van der Waals surface area (Å²) in [7, 11) is 1.74. The fourth-order valence-corrected chi connectivity index (χ4v) is 5.24. The third kappa shape index (κ3) is 3.75. The molecule has 7 heteroatoms. The Labute approximate surface area is 200 Å². The third-order valence-corrected chi connectivity index (χ3v) is 7.02. The van der Waals surface area contributed by atoms with E-state index in [2.05, 4.69) is 53.1 Å². The monoisotopic (exact) mass is 454 g/mol. The van der Waals surface area contributed by atoms with Gasteiger partial charge in [-0.3, -0.25) is 0 Å². The summed E-state index contributed by atoms with van der Waals surface area (Å²) in [5.74, 6) is 3.68. The second-order valence-electron chi connectivity index (χ2n) is 9.26. The van der Waals surface area contributed by atoms with Gasteiger partial charge in [0.2, 0.25) is 0 Å². The minimum Gasteiger partial charge on any atom is -0.495 e. The number of anilines is 2. The van der Waals surface area contributed by atoms with Crippen molar-refractivity contribution in [3.8, 4) is 5.75 Å².